The Hall–Kier alpha value is -0.960. The molecule has 1 nitrogen and oxygen atoms in total. The third-order valence-electron chi connectivity index (χ3n) is 3.41. The highest BCUT2D eigenvalue weighted by Gasteiger charge is 2.06. The van der Waals surface area contributed by atoms with E-state index < -0.39 is 0 Å². The zero-order chi connectivity index (χ0) is 15.1. The van der Waals surface area contributed by atoms with E-state index in [-0.39, 0.29) is 0 Å². The van der Waals surface area contributed by atoms with Gasteiger partial charge in [-0.05, 0) is 49.2 Å². The molecule has 0 saturated carbocycles. The van der Waals surface area contributed by atoms with E-state index in [9.17, 15) is 0 Å². The monoisotopic (exact) mass is 319 g/mol. The van der Waals surface area contributed by atoms with Gasteiger partial charge in [0.05, 0.1) is 0 Å². The Morgan fingerprint density at radius 1 is 1.14 bits per heavy atom. The Morgan fingerprint density at radius 3 is 2.71 bits per heavy atom. The topological polar surface area (TPSA) is 12.0 Å². The summed E-state index contributed by atoms with van der Waals surface area (Å²) in [7, 11) is 0. The normalized spacial score (nSPS) is 12.3. The predicted octanol–water partition coefficient (Wildman–Crippen LogP) is 5.69. The molecule has 2 rings (SSSR count). The molecule has 1 atom stereocenters. The van der Waals surface area contributed by atoms with E-state index >= 15 is 0 Å². The second-order valence-corrected chi connectivity index (χ2v) is 6.58. The highest BCUT2D eigenvalue weighted by Crippen LogP contribution is 2.28. The second kappa shape index (κ2) is 8.47. The predicted molar refractivity (Wildman–Crippen MR) is 94.2 cm³/mol. The van der Waals surface area contributed by atoms with Crippen LogP contribution in [-0.4, -0.2) is 6.54 Å². The minimum absolute atomic E-state index is 0.394. The van der Waals surface area contributed by atoms with Crippen LogP contribution in [0.5, 0.6) is 0 Å². The first-order chi connectivity index (χ1) is 10.2. The number of thioether (sulfide) groups is 1. The van der Waals surface area contributed by atoms with Crippen molar-refractivity contribution in [1.82, 2.24) is 5.32 Å². The summed E-state index contributed by atoms with van der Waals surface area (Å²) in [5.74, 6) is 0.903. The van der Waals surface area contributed by atoms with Crippen molar-refractivity contribution >= 4 is 23.4 Å². The average molecular weight is 320 g/mol. The summed E-state index contributed by atoms with van der Waals surface area (Å²) in [6.07, 6.45) is 1.16. The quantitative estimate of drug-likeness (QED) is 0.658. The van der Waals surface area contributed by atoms with Crippen molar-refractivity contribution in [3.05, 3.63) is 64.7 Å². The Balaban J connectivity index is 1.99. The van der Waals surface area contributed by atoms with Crippen LogP contribution in [0.2, 0.25) is 5.02 Å². The fraction of sp³-hybridized carbons (Fsp3) is 0.333. The van der Waals surface area contributed by atoms with Gasteiger partial charge in [0.2, 0.25) is 0 Å². The largest absolute Gasteiger partial charge is 0.310 e. The maximum Gasteiger partial charge on any atom is 0.0446 e. The number of hydrogen-bond acceptors (Lipinski definition) is 2. The van der Waals surface area contributed by atoms with Crippen LogP contribution in [0.1, 0.15) is 37.4 Å². The maximum absolute atomic E-state index is 6.21. The lowest BCUT2D eigenvalue weighted by Gasteiger charge is -2.14. The fourth-order valence-electron chi connectivity index (χ4n) is 2.13. The van der Waals surface area contributed by atoms with Crippen LogP contribution in [0.4, 0.5) is 0 Å². The number of nitrogens with one attached hydrogen (secondary N) is 1. The number of benzene rings is 2. The van der Waals surface area contributed by atoms with Crippen LogP contribution in [0.25, 0.3) is 0 Å². The van der Waals surface area contributed by atoms with Crippen molar-refractivity contribution in [3.8, 4) is 0 Å². The van der Waals surface area contributed by atoms with E-state index in [4.69, 9.17) is 11.6 Å². The van der Waals surface area contributed by atoms with Crippen molar-refractivity contribution in [3.63, 3.8) is 0 Å². The van der Waals surface area contributed by atoms with Gasteiger partial charge in [0, 0.05) is 21.7 Å². The molecule has 0 saturated heterocycles. The molecule has 0 bridgehead atoms. The smallest absolute Gasteiger partial charge is 0.0446 e. The highest BCUT2D eigenvalue weighted by atomic mass is 35.5. The van der Waals surface area contributed by atoms with Crippen LogP contribution < -0.4 is 5.32 Å². The Bertz CT molecular complexity index is 571. The van der Waals surface area contributed by atoms with Gasteiger partial charge in [0.25, 0.3) is 0 Å². The molecule has 0 radical (unpaired) electrons. The minimum atomic E-state index is 0.394. The molecule has 3 heteroatoms. The zero-order valence-electron chi connectivity index (χ0n) is 12.6. The van der Waals surface area contributed by atoms with E-state index in [0.717, 1.165) is 23.7 Å². The molecule has 0 aliphatic carbocycles. The molecular weight excluding hydrogens is 298 g/mol. The minimum Gasteiger partial charge on any atom is -0.310 e. The molecule has 21 heavy (non-hydrogen) atoms. The van der Waals surface area contributed by atoms with Crippen molar-refractivity contribution in [2.24, 2.45) is 0 Å². The number of halogens is 1. The van der Waals surface area contributed by atoms with Crippen molar-refractivity contribution in [2.75, 3.05) is 6.54 Å². The Morgan fingerprint density at radius 2 is 1.95 bits per heavy atom. The summed E-state index contributed by atoms with van der Waals surface area (Å²) in [5.41, 5.74) is 2.53. The third kappa shape index (κ3) is 5.06. The van der Waals surface area contributed by atoms with Gasteiger partial charge in [0.1, 0.15) is 0 Å². The molecule has 1 unspecified atom stereocenters. The summed E-state index contributed by atoms with van der Waals surface area (Å²) in [6.45, 7) is 5.46. The van der Waals surface area contributed by atoms with E-state index in [1.54, 1.807) is 0 Å². The van der Waals surface area contributed by atoms with Crippen LogP contribution >= 0.6 is 23.4 Å². The summed E-state index contributed by atoms with van der Waals surface area (Å²) < 4.78 is 0. The summed E-state index contributed by atoms with van der Waals surface area (Å²) in [5, 5.41) is 4.37. The second-order valence-electron chi connectivity index (χ2n) is 5.13. The first kappa shape index (κ1) is 16.4. The fourth-order valence-corrected chi connectivity index (χ4v) is 3.38. The maximum atomic E-state index is 6.21. The lowest BCUT2D eigenvalue weighted by Crippen LogP contribution is -2.19. The van der Waals surface area contributed by atoms with E-state index in [2.05, 4.69) is 49.5 Å². The Kier molecular flexibility index (Phi) is 6.62. The van der Waals surface area contributed by atoms with Gasteiger partial charge in [-0.2, -0.15) is 0 Å². The van der Waals surface area contributed by atoms with Crippen LogP contribution in [-0.2, 0) is 5.75 Å². The summed E-state index contributed by atoms with van der Waals surface area (Å²) >= 11 is 8.04. The molecule has 2 aromatic carbocycles. The van der Waals surface area contributed by atoms with E-state index in [1.165, 1.54) is 16.0 Å². The third-order valence-corrected chi connectivity index (χ3v) is 4.82. The lowest BCUT2D eigenvalue weighted by molar-refractivity contribution is 0.570. The molecule has 0 spiro atoms. The Labute approximate surface area is 137 Å². The standard InChI is InChI=1S/C18H22ClNS/c1-3-11-20-14(2)15-8-6-9-17(12-15)21-13-16-7-4-5-10-18(16)19/h4-10,12,14,20H,3,11,13H2,1-2H3. The van der Waals surface area contributed by atoms with Crippen molar-refractivity contribution in [1.29, 1.82) is 0 Å². The van der Waals surface area contributed by atoms with Crippen LogP contribution in [0.3, 0.4) is 0 Å². The SMILES string of the molecule is CCCNC(C)c1cccc(SCc2ccccc2Cl)c1. The van der Waals surface area contributed by atoms with Gasteiger partial charge in [-0.25, -0.2) is 0 Å². The highest BCUT2D eigenvalue weighted by molar-refractivity contribution is 7.98. The average Bonchev–Trinajstić information content (AvgIpc) is 2.52. The molecule has 1 N–H and O–H groups in total. The number of hydrogen-bond donors (Lipinski definition) is 1. The first-order valence-corrected chi connectivity index (χ1v) is 8.76. The van der Waals surface area contributed by atoms with Gasteiger partial charge in [-0.15, -0.1) is 11.8 Å². The molecule has 0 heterocycles. The number of rotatable bonds is 7. The summed E-state index contributed by atoms with van der Waals surface area (Å²) in [6, 6.07) is 17.2. The first-order valence-electron chi connectivity index (χ1n) is 7.40. The van der Waals surface area contributed by atoms with Crippen LogP contribution in [0.15, 0.2) is 53.4 Å². The van der Waals surface area contributed by atoms with Crippen molar-refractivity contribution < 1.29 is 0 Å². The van der Waals surface area contributed by atoms with Crippen LogP contribution in [0, 0.1) is 0 Å². The summed E-state index contributed by atoms with van der Waals surface area (Å²) in [4.78, 5) is 1.29. The molecule has 0 aromatic heterocycles. The zero-order valence-corrected chi connectivity index (χ0v) is 14.2. The molecule has 0 aliphatic rings. The molecule has 0 aliphatic heterocycles. The molecule has 0 amide bonds. The molecular formula is C18H22ClNS. The van der Waals surface area contributed by atoms with Gasteiger partial charge < -0.3 is 5.32 Å². The van der Waals surface area contributed by atoms with Gasteiger partial charge >= 0.3 is 0 Å². The lowest BCUT2D eigenvalue weighted by atomic mass is 10.1. The van der Waals surface area contributed by atoms with Crippen molar-refractivity contribution in [2.45, 2.75) is 37.0 Å². The molecule has 0 fully saturated rings. The van der Waals surface area contributed by atoms with E-state index in [0.29, 0.717) is 6.04 Å². The molecule has 2 aromatic rings. The van der Waals surface area contributed by atoms with Gasteiger partial charge in [0.15, 0.2) is 0 Å². The van der Waals surface area contributed by atoms with Gasteiger partial charge in [-0.1, -0.05) is 48.9 Å². The van der Waals surface area contributed by atoms with Gasteiger partial charge in [-0.3, -0.25) is 0 Å². The molecule has 112 valence electrons. The van der Waals surface area contributed by atoms with E-state index in [1.807, 2.05) is 30.0 Å².